The first kappa shape index (κ1) is 14.5. The number of amides is 1. The van der Waals surface area contributed by atoms with Gasteiger partial charge in [0.25, 0.3) is 5.91 Å². The summed E-state index contributed by atoms with van der Waals surface area (Å²) >= 11 is 0. The van der Waals surface area contributed by atoms with Gasteiger partial charge in [0.05, 0.1) is 5.69 Å². The van der Waals surface area contributed by atoms with Gasteiger partial charge in [-0.15, -0.1) is 0 Å². The molecule has 2 rings (SSSR count). The molecular formula is C16H14FN3O. The van der Waals surface area contributed by atoms with Crippen LogP contribution in [-0.2, 0) is 0 Å². The maximum Gasteiger partial charge on any atom is 0.256 e. The maximum absolute atomic E-state index is 13.5. The number of nitriles is 1. The van der Waals surface area contributed by atoms with Crippen LogP contribution in [0.4, 0.5) is 15.8 Å². The molecule has 0 aromatic heterocycles. The van der Waals surface area contributed by atoms with E-state index in [1.165, 1.54) is 18.2 Å². The van der Waals surface area contributed by atoms with Gasteiger partial charge in [0.1, 0.15) is 17.4 Å². The van der Waals surface area contributed by atoms with Crippen LogP contribution in [0.3, 0.4) is 0 Å². The summed E-state index contributed by atoms with van der Waals surface area (Å²) in [6, 6.07) is 9.20. The number of carbonyl (C=O) groups is 1. The van der Waals surface area contributed by atoms with Crippen LogP contribution in [0, 0.1) is 31.0 Å². The lowest BCUT2D eigenvalue weighted by atomic mass is 10.0. The van der Waals surface area contributed by atoms with Crippen molar-refractivity contribution in [1.29, 1.82) is 5.26 Å². The lowest BCUT2D eigenvalue weighted by Gasteiger charge is -2.11. The number of nitrogen functional groups attached to an aromatic ring is 1. The summed E-state index contributed by atoms with van der Waals surface area (Å²) in [6.45, 7) is 3.64. The molecule has 0 saturated carbocycles. The van der Waals surface area contributed by atoms with Crippen molar-refractivity contribution < 1.29 is 9.18 Å². The highest BCUT2D eigenvalue weighted by molar-refractivity contribution is 6.06. The molecule has 5 heteroatoms. The maximum atomic E-state index is 13.5. The first-order valence-electron chi connectivity index (χ1n) is 6.30. The summed E-state index contributed by atoms with van der Waals surface area (Å²) in [4.78, 5) is 12.3. The van der Waals surface area contributed by atoms with E-state index in [4.69, 9.17) is 11.0 Å². The summed E-state index contributed by atoms with van der Waals surface area (Å²) in [5.41, 5.74) is 8.30. The van der Waals surface area contributed by atoms with Crippen molar-refractivity contribution in [3.05, 3.63) is 58.4 Å². The van der Waals surface area contributed by atoms with E-state index in [-0.39, 0.29) is 11.3 Å². The zero-order valence-electron chi connectivity index (χ0n) is 11.7. The van der Waals surface area contributed by atoms with Crippen LogP contribution in [0.1, 0.15) is 27.0 Å². The Balaban J connectivity index is 2.38. The van der Waals surface area contributed by atoms with E-state index >= 15 is 0 Å². The molecule has 0 fully saturated rings. The smallest absolute Gasteiger partial charge is 0.256 e. The number of carbonyl (C=O) groups excluding carboxylic acids is 1. The van der Waals surface area contributed by atoms with Crippen molar-refractivity contribution >= 4 is 17.3 Å². The molecule has 2 aromatic carbocycles. The number of nitrogens with two attached hydrogens (primary N) is 1. The predicted molar refractivity (Wildman–Crippen MR) is 79.4 cm³/mol. The summed E-state index contributed by atoms with van der Waals surface area (Å²) in [5.74, 6) is -1.10. The number of hydrogen-bond donors (Lipinski definition) is 2. The second kappa shape index (κ2) is 5.63. The Morgan fingerprint density at radius 3 is 2.67 bits per heavy atom. The zero-order chi connectivity index (χ0) is 15.6. The first-order chi connectivity index (χ1) is 9.93. The van der Waals surface area contributed by atoms with E-state index in [1.807, 2.05) is 6.92 Å². The number of aryl methyl sites for hydroxylation is 2. The average molecular weight is 283 g/mol. The predicted octanol–water partition coefficient (Wildman–Crippen LogP) is 3.15. The minimum absolute atomic E-state index is 0.140. The van der Waals surface area contributed by atoms with Crippen LogP contribution >= 0.6 is 0 Å². The van der Waals surface area contributed by atoms with Crippen molar-refractivity contribution in [3.63, 3.8) is 0 Å². The van der Waals surface area contributed by atoms with Crippen LogP contribution in [0.15, 0.2) is 30.3 Å². The SMILES string of the molecule is Cc1cc(C)c(C(=O)Nc2cccc(F)c2C#N)cc1N. The van der Waals surface area contributed by atoms with Crippen LogP contribution in [0.25, 0.3) is 0 Å². The van der Waals surface area contributed by atoms with Gasteiger partial charge < -0.3 is 11.1 Å². The molecule has 0 bridgehead atoms. The van der Waals surface area contributed by atoms with Crippen LogP contribution in [0.2, 0.25) is 0 Å². The largest absolute Gasteiger partial charge is 0.398 e. The fourth-order valence-electron chi connectivity index (χ4n) is 2.05. The number of benzene rings is 2. The molecule has 0 atom stereocenters. The number of rotatable bonds is 2. The Kier molecular flexibility index (Phi) is 3.90. The minimum Gasteiger partial charge on any atom is -0.398 e. The molecule has 0 aliphatic carbocycles. The van der Waals surface area contributed by atoms with Crippen molar-refractivity contribution in [2.75, 3.05) is 11.1 Å². The van der Waals surface area contributed by atoms with E-state index in [2.05, 4.69) is 5.32 Å². The molecule has 1 amide bonds. The third-order valence-corrected chi connectivity index (χ3v) is 3.23. The number of halogens is 1. The van der Waals surface area contributed by atoms with E-state index in [0.29, 0.717) is 11.3 Å². The highest BCUT2D eigenvalue weighted by Crippen LogP contribution is 2.22. The van der Waals surface area contributed by atoms with Crippen molar-refractivity contribution in [3.8, 4) is 6.07 Å². The fourth-order valence-corrected chi connectivity index (χ4v) is 2.05. The Hall–Kier alpha value is -2.87. The Morgan fingerprint density at radius 2 is 2.00 bits per heavy atom. The van der Waals surface area contributed by atoms with E-state index in [1.54, 1.807) is 25.1 Å². The summed E-state index contributed by atoms with van der Waals surface area (Å²) in [6.07, 6.45) is 0. The van der Waals surface area contributed by atoms with Crippen molar-refractivity contribution in [2.24, 2.45) is 0 Å². The summed E-state index contributed by atoms with van der Waals surface area (Å²) in [7, 11) is 0. The standard InChI is InChI=1S/C16H14FN3O/c1-9-6-10(2)14(19)7-11(9)16(21)20-15-5-3-4-13(17)12(15)8-18/h3-7H,19H2,1-2H3,(H,20,21). The Labute approximate surface area is 122 Å². The molecule has 0 saturated heterocycles. The van der Waals surface area contributed by atoms with Gasteiger partial charge >= 0.3 is 0 Å². The van der Waals surface area contributed by atoms with E-state index in [0.717, 1.165) is 11.1 Å². The summed E-state index contributed by atoms with van der Waals surface area (Å²) in [5, 5.41) is 11.5. The molecule has 0 radical (unpaired) electrons. The monoisotopic (exact) mass is 283 g/mol. The van der Waals surface area contributed by atoms with Crippen LogP contribution in [-0.4, -0.2) is 5.91 Å². The van der Waals surface area contributed by atoms with Crippen LogP contribution in [0.5, 0.6) is 0 Å². The third kappa shape index (κ3) is 2.84. The van der Waals surface area contributed by atoms with Gasteiger partial charge in [-0.3, -0.25) is 4.79 Å². The molecule has 0 spiro atoms. The molecule has 0 aliphatic rings. The fraction of sp³-hybridized carbons (Fsp3) is 0.125. The Bertz CT molecular complexity index is 763. The number of nitrogens with one attached hydrogen (secondary N) is 1. The molecule has 2 aromatic rings. The first-order valence-corrected chi connectivity index (χ1v) is 6.30. The number of hydrogen-bond acceptors (Lipinski definition) is 3. The minimum atomic E-state index is -0.671. The molecule has 0 unspecified atom stereocenters. The van der Waals surface area contributed by atoms with Gasteiger partial charge in [0.15, 0.2) is 0 Å². The van der Waals surface area contributed by atoms with Gasteiger partial charge in [-0.05, 0) is 43.2 Å². The van der Waals surface area contributed by atoms with Crippen LogP contribution < -0.4 is 11.1 Å². The molecule has 0 heterocycles. The molecule has 4 nitrogen and oxygen atoms in total. The normalized spacial score (nSPS) is 10.0. The van der Waals surface area contributed by atoms with Gasteiger partial charge in [-0.1, -0.05) is 12.1 Å². The van der Waals surface area contributed by atoms with Gasteiger partial charge in [0.2, 0.25) is 0 Å². The number of anilines is 2. The zero-order valence-corrected chi connectivity index (χ0v) is 11.7. The average Bonchev–Trinajstić information content (AvgIpc) is 2.43. The van der Waals surface area contributed by atoms with Crippen molar-refractivity contribution in [1.82, 2.24) is 0 Å². The third-order valence-electron chi connectivity index (χ3n) is 3.23. The lowest BCUT2D eigenvalue weighted by Crippen LogP contribution is -2.15. The number of nitrogens with zero attached hydrogens (tertiary/aromatic N) is 1. The van der Waals surface area contributed by atoms with Crippen molar-refractivity contribution in [2.45, 2.75) is 13.8 Å². The highest BCUT2D eigenvalue weighted by atomic mass is 19.1. The molecule has 3 N–H and O–H groups in total. The van der Waals surface area contributed by atoms with Gasteiger partial charge in [-0.2, -0.15) is 5.26 Å². The second-order valence-electron chi connectivity index (χ2n) is 4.75. The lowest BCUT2D eigenvalue weighted by molar-refractivity contribution is 0.102. The summed E-state index contributed by atoms with van der Waals surface area (Å²) < 4.78 is 13.5. The van der Waals surface area contributed by atoms with E-state index in [9.17, 15) is 9.18 Å². The molecule has 0 aliphatic heterocycles. The highest BCUT2D eigenvalue weighted by Gasteiger charge is 2.14. The Morgan fingerprint density at radius 1 is 1.29 bits per heavy atom. The quantitative estimate of drug-likeness (QED) is 0.831. The molecular weight excluding hydrogens is 269 g/mol. The van der Waals surface area contributed by atoms with Gasteiger partial charge in [-0.25, -0.2) is 4.39 Å². The molecule has 106 valence electrons. The second-order valence-corrected chi connectivity index (χ2v) is 4.75. The topological polar surface area (TPSA) is 78.9 Å². The van der Waals surface area contributed by atoms with Gasteiger partial charge in [0, 0.05) is 11.3 Å². The molecule has 21 heavy (non-hydrogen) atoms. The van der Waals surface area contributed by atoms with E-state index < -0.39 is 11.7 Å².